The van der Waals surface area contributed by atoms with E-state index in [1.54, 1.807) is 13.8 Å². The third-order valence-corrected chi connectivity index (χ3v) is 3.90. The molecule has 0 aromatic rings. The summed E-state index contributed by atoms with van der Waals surface area (Å²) in [6.45, 7) is 3.28. The monoisotopic (exact) mass is 298 g/mol. The topological polar surface area (TPSA) is 102 Å². The van der Waals surface area contributed by atoms with Gasteiger partial charge in [-0.05, 0) is 12.8 Å². The Morgan fingerprint density at radius 2 is 2.05 bits per heavy atom. The summed E-state index contributed by atoms with van der Waals surface area (Å²) in [7, 11) is 0. The normalized spacial score (nSPS) is 24.0. The van der Waals surface area contributed by atoms with Gasteiger partial charge in [0.05, 0.1) is 6.61 Å². The molecule has 0 aromatic heterocycles. The van der Waals surface area contributed by atoms with Crippen LogP contribution in [0.25, 0.3) is 0 Å². The van der Waals surface area contributed by atoms with Gasteiger partial charge in [0, 0.05) is 6.42 Å². The number of hydrogen-bond acceptors (Lipinski definition) is 6. The van der Waals surface area contributed by atoms with Gasteiger partial charge in [0.2, 0.25) is 6.10 Å². The average Bonchev–Trinajstić information content (AvgIpc) is 2.95. The Balaban J connectivity index is 1.99. The van der Waals surface area contributed by atoms with E-state index in [1.165, 1.54) is 0 Å². The first-order valence-corrected chi connectivity index (χ1v) is 6.93. The van der Waals surface area contributed by atoms with Crippen molar-refractivity contribution >= 4 is 23.9 Å². The van der Waals surface area contributed by atoms with Crippen LogP contribution >= 0.6 is 0 Å². The Kier molecular flexibility index (Phi) is 4.15. The molecule has 0 saturated carbocycles. The Labute approximate surface area is 121 Å². The Hall–Kier alpha value is -2.12. The fourth-order valence-corrected chi connectivity index (χ4v) is 2.46. The zero-order valence-corrected chi connectivity index (χ0v) is 12.0. The van der Waals surface area contributed by atoms with E-state index in [-0.39, 0.29) is 6.61 Å². The Morgan fingerprint density at radius 1 is 1.38 bits per heavy atom. The zero-order chi connectivity index (χ0) is 15.6. The van der Waals surface area contributed by atoms with Gasteiger partial charge in [0.1, 0.15) is 12.1 Å². The van der Waals surface area contributed by atoms with Crippen molar-refractivity contribution in [3.63, 3.8) is 0 Å². The number of hydrogen-bond donors (Lipinski definition) is 1. The second-order valence-electron chi connectivity index (χ2n) is 5.05. The molecule has 8 nitrogen and oxygen atoms in total. The van der Waals surface area contributed by atoms with Gasteiger partial charge in [0.15, 0.2) is 0 Å². The van der Waals surface area contributed by atoms with Crippen LogP contribution in [-0.4, -0.2) is 53.6 Å². The molecule has 2 rings (SSSR count). The van der Waals surface area contributed by atoms with Crippen LogP contribution in [0.4, 0.5) is 4.79 Å². The molecular formula is C13H18N2O6. The first-order valence-electron chi connectivity index (χ1n) is 6.93. The highest BCUT2D eigenvalue weighted by Gasteiger charge is 2.49. The quantitative estimate of drug-likeness (QED) is 0.564. The van der Waals surface area contributed by atoms with Crippen LogP contribution in [0.2, 0.25) is 0 Å². The molecule has 3 amide bonds. The highest BCUT2D eigenvalue weighted by Crippen LogP contribution is 2.24. The standard InChI is InChI=1S/C13H18N2O6/c1-3-13(4-2)11(18)15(12(19)14-13)7-9(16)21-8-5-6-20-10(8)17/h8H,3-7H2,1-2H3,(H,14,19)/t8-/m1/s1. The summed E-state index contributed by atoms with van der Waals surface area (Å²) in [5, 5.41) is 2.61. The highest BCUT2D eigenvalue weighted by atomic mass is 16.6. The summed E-state index contributed by atoms with van der Waals surface area (Å²) in [4.78, 5) is 47.9. The van der Waals surface area contributed by atoms with Crippen molar-refractivity contribution < 1.29 is 28.7 Å². The number of esters is 2. The maximum absolute atomic E-state index is 12.3. The minimum absolute atomic E-state index is 0.203. The molecule has 1 atom stereocenters. The van der Waals surface area contributed by atoms with Gasteiger partial charge in [-0.2, -0.15) is 0 Å². The maximum atomic E-state index is 12.3. The number of nitrogens with one attached hydrogen (secondary N) is 1. The largest absolute Gasteiger partial charge is 0.463 e. The Morgan fingerprint density at radius 3 is 2.52 bits per heavy atom. The van der Waals surface area contributed by atoms with Crippen LogP contribution in [0.3, 0.4) is 0 Å². The van der Waals surface area contributed by atoms with Crippen molar-refractivity contribution in [2.75, 3.05) is 13.2 Å². The number of imide groups is 1. The number of cyclic esters (lactones) is 1. The predicted octanol–water partition coefficient (Wildman–Crippen LogP) is -0.0443. The Bertz CT molecular complexity index is 485. The molecule has 2 aliphatic rings. The fraction of sp³-hybridized carbons (Fsp3) is 0.692. The summed E-state index contributed by atoms with van der Waals surface area (Å²) in [5.74, 6) is -1.84. The minimum Gasteiger partial charge on any atom is -0.463 e. The van der Waals surface area contributed by atoms with Crippen molar-refractivity contribution in [1.29, 1.82) is 0 Å². The zero-order valence-electron chi connectivity index (χ0n) is 12.0. The summed E-state index contributed by atoms with van der Waals surface area (Å²) < 4.78 is 9.60. The van der Waals surface area contributed by atoms with E-state index in [1.807, 2.05) is 0 Å². The second-order valence-corrected chi connectivity index (χ2v) is 5.05. The summed E-state index contributed by atoms with van der Waals surface area (Å²) >= 11 is 0. The van der Waals surface area contributed by atoms with E-state index in [9.17, 15) is 19.2 Å². The molecule has 2 aliphatic heterocycles. The van der Waals surface area contributed by atoms with Gasteiger partial charge >= 0.3 is 18.0 Å². The summed E-state index contributed by atoms with van der Waals surface area (Å²) in [5.41, 5.74) is -0.955. The first kappa shape index (κ1) is 15.3. The van der Waals surface area contributed by atoms with Crippen molar-refractivity contribution in [1.82, 2.24) is 10.2 Å². The van der Waals surface area contributed by atoms with E-state index in [2.05, 4.69) is 10.1 Å². The van der Waals surface area contributed by atoms with E-state index in [4.69, 9.17) is 4.74 Å². The van der Waals surface area contributed by atoms with Crippen molar-refractivity contribution in [3.05, 3.63) is 0 Å². The lowest BCUT2D eigenvalue weighted by molar-refractivity contribution is -0.161. The molecule has 116 valence electrons. The first-order chi connectivity index (χ1) is 9.93. The molecule has 0 bridgehead atoms. The molecule has 21 heavy (non-hydrogen) atoms. The molecule has 0 radical (unpaired) electrons. The second kappa shape index (κ2) is 5.71. The summed E-state index contributed by atoms with van der Waals surface area (Å²) in [6.07, 6.45) is 0.224. The van der Waals surface area contributed by atoms with E-state index in [0.29, 0.717) is 19.3 Å². The van der Waals surface area contributed by atoms with Crippen LogP contribution in [0.1, 0.15) is 33.1 Å². The van der Waals surface area contributed by atoms with Gasteiger partial charge in [-0.15, -0.1) is 0 Å². The molecule has 0 aliphatic carbocycles. The predicted molar refractivity (Wildman–Crippen MR) is 69.0 cm³/mol. The molecule has 0 unspecified atom stereocenters. The molecule has 1 N–H and O–H groups in total. The maximum Gasteiger partial charge on any atom is 0.347 e. The van der Waals surface area contributed by atoms with Crippen LogP contribution in [-0.2, 0) is 23.9 Å². The fourth-order valence-electron chi connectivity index (χ4n) is 2.46. The average molecular weight is 298 g/mol. The van der Waals surface area contributed by atoms with Crippen LogP contribution in [0, 0.1) is 0 Å². The number of urea groups is 1. The van der Waals surface area contributed by atoms with E-state index >= 15 is 0 Å². The van der Waals surface area contributed by atoms with Gasteiger partial charge in [-0.25, -0.2) is 9.59 Å². The number of nitrogens with zero attached hydrogens (tertiary/aromatic N) is 1. The smallest absolute Gasteiger partial charge is 0.347 e. The van der Waals surface area contributed by atoms with Gasteiger partial charge in [0.25, 0.3) is 5.91 Å². The third-order valence-electron chi connectivity index (χ3n) is 3.90. The lowest BCUT2D eigenvalue weighted by atomic mass is 9.93. The van der Waals surface area contributed by atoms with Crippen LogP contribution in [0.15, 0.2) is 0 Å². The van der Waals surface area contributed by atoms with Gasteiger partial charge in [-0.3, -0.25) is 14.5 Å². The minimum atomic E-state index is -0.955. The van der Waals surface area contributed by atoms with Crippen molar-refractivity contribution in [2.45, 2.75) is 44.8 Å². The highest BCUT2D eigenvalue weighted by molar-refractivity contribution is 6.08. The number of rotatable bonds is 5. The number of amides is 3. The molecule has 2 saturated heterocycles. The van der Waals surface area contributed by atoms with Crippen LogP contribution < -0.4 is 5.32 Å². The van der Waals surface area contributed by atoms with Crippen molar-refractivity contribution in [3.8, 4) is 0 Å². The van der Waals surface area contributed by atoms with E-state index in [0.717, 1.165) is 4.90 Å². The van der Waals surface area contributed by atoms with E-state index < -0.39 is 42.1 Å². The molecule has 2 heterocycles. The lowest BCUT2D eigenvalue weighted by Gasteiger charge is -2.22. The van der Waals surface area contributed by atoms with Crippen molar-refractivity contribution in [2.24, 2.45) is 0 Å². The van der Waals surface area contributed by atoms with Crippen LogP contribution in [0.5, 0.6) is 0 Å². The molecule has 2 fully saturated rings. The molecule has 0 spiro atoms. The molecule has 0 aromatic carbocycles. The lowest BCUT2D eigenvalue weighted by Crippen LogP contribution is -2.46. The van der Waals surface area contributed by atoms with Gasteiger partial charge in [-0.1, -0.05) is 13.8 Å². The summed E-state index contributed by atoms with van der Waals surface area (Å²) in [6, 6.07) is -0.616. The third kappa shape index (κ3) is 2.70. The molecule has 8 heteroatoms. The number of carbonyl (C=O) groups excluding carboxylic acids is 4. The SMILES string of the molecule is CCC1(CC)NC(=O)N(CC(=O)O[C@@H]2CCOC2=O)C1=O. The van der Waals surface area contributed by atoms with Gasteiger partial charge < -0.3 is 14.8 Å². The molecular weight excluding hydrogens is 280 g/mol. The number of ether oxygens (including phenoxy) is 2. The number of carbonyl (C=O) groups is 4.